The van der Waals surface area contributed by atoms with Crippen molar-refractivity contribution >= 4 is 27.6 Å². The number of imidazole rings is 1. The lowest BCUT2D eigenvalue weighted by molar-refractivity contribution is 0.734. The molecule has 0 saturated heterocycles. The molecule has 2 N–H and O–H groups in total. The summed E-state index contributed by atoms with van der Waals surface area (Å²) in [5.41, 5.74) is 8.79. The summed E-state index contributed by atoms with van der Waals surface area (Å²) < 4.78 is 6.03. The molecule has 0 aliphatic carbocycles. The Labute approximate surface area is 108 Å². The minimum Gasteiger partial charge on any atom is -0.388 e. The summed E-state index contributed by atoms with van der Waals surface area (Å²) in [6.07, 6.45) is 0.881. The van der Waals surface area contributed by atoms with Crippen molar-refractivity contribution in [3.8, 4) is 0 Å². The molecular weight excluding hydrogens is 246 g/mol. The number of benzene rings is 1. The monoisotopic (exact) mass is 259 g/mol. The largest absolute Gasteiger partial charge is 0.388 e. The molecule has 0 saturated carbocycles. The van der Waals surface area contributed by atoms with Gasteiger partial charge in [0.15, 0.2) is 0 Å². The lowest BCUT2D eigenvalue weighted by Crippen LogP contribution is -2.06. The number of nitrogen functional groups attached to an aromatic ring is 1. The van der Waals surface area contributed by atoms with Crippen LogP contribution in [0.1, 0.15) is 18.4 Å². The number of nitrogens with two attached hydrogens (primary N) is 1. The fraction of sp³-hybridized carbons (Fsp3) is 0.250. The van der Waals surface area contributed by atoms with Gasteiger partial charge in [0.25, 0.3) is 0 Å². The van der Waals surface area contributed by atoms with E-state index in [2.05, 4.69) is 32.1 Å². The van der Waals surface area contributed by atoms with Gasteiger partial charge in [-0.2, -0.15) is 0 Å². The molecule has 0 amide bonds. The standard InChI is InChI=1S/C12H13N5S/c1-2-11-14-8-5-3-4-6-10(8)17(11)7-9-12(13)18-16-15-9/h3-6H,2,7,13H2,1H3. The van der Waals surface area contributed by atoms with Gasteiger partial charge in [0.05, 0.1) is 17.6 Å². The molecule has 0 bridgehead atoms. The average Bonchev–Trinajstić information content (AvgIpc) is 2.95. The highest BCUT2D eigenvalue weighted by Gasteiger charge is 2.12. The van der Waals surface area contributed by atoms with Gasteiger partial charge in [-0.3, -0.25) is 0 Å². The van der Waals surface area contributed by atoms with Gasteiger partial charge >= 0.3 is 0 Å². The van der Waals surface area contributed by atoms with Gasteiger partial charge in [0, 0.05) is 18.0 Å². The van der Waals surface area contributed by atoms with Crippen LogP contribution >= 0.6 is 11.5 Å². The molecule has 0 spiro atoms. The van der Waals surface area contributed by atoms with Crippen LogP contribution in [0.25, 0.3) is 11.0 Å². The van der Waals surface area contributed by atoms with Crippen LogP contribution in [0.2, 0.25) is 0 Å². The van der Waals surface area contributed by atoms with E-state index in [4.69, 9.17) is 5.73 Å². The van der Waals surface area contributed by atoms with Crippen LogP contribution in [0.4, 0.5) is 5.00 Å². The SMILES string of the molecule is CCc1nc2ccccc2n1Cc1nnsc1N. The van der Waals surface area contributed by atoms with Crippen molar-refractivity contribution in [3.63, 3.8) is 0 Å². The molecule has 0 unspecified atom stereocenters. The number of rotatable bonds is 3. The first kappa shape index (κ1) is 11.2. The average molecular weight is 259 g/mol. The van der Waals surface area contributed by atoms with Crippen LogP contribution in [-0.4, -0.2) is 19.1 Å². The second-order valence-electron chi connectivity index (χ2n) is 4.04. The van der Waals surface area contributed by atoms with Crippen molar-refractivity contribution in [1.82, 2.24) is 19.1 Å². The summed E-state index contributed by atoms with van der Waals surface area (Å²) in [4.78, 5) is 4.62. The highest BCUT2D eigenvalue weighted by molar-refractivity contribution is 7.09. The normalized spacial score (nSPS) is 11.2. The van der Waals surface area contributed by atoms with Crippen molar-refractivity contribution in [2.24, 2.45) is 0 Å². The Kier molecular flexibility index (Phi) is 2.71. The Morgan fingerprint density at radius 3 is 2.89 bits per heavy atom. The smallest absolute Gasteiger partial charge is 0.132 e. The quantitative estimate of drug-likeness (QED) is 0.781. The number of hydrogen-bond donors (Lipinski definition) is 1. The Balaban J connectivity index is 2.12. The fourth-order valence-corrected chi connectivity index (χ4v) is 2.48. The molecule has 2 aromatic heterocycles. The third-order valence-corrected chi connectivity index (χ3v) is 3.54. The zero-order valence-electron chi connectivity index (χ0n) is 10.00. The molecule has 6 heteroatoms. The summed E-state index contributed by atoms with van der Waals surface area (Å²) in [7, 11) is 0. The minimum atomic E-state index is 0.631. The van der Waals surface area contributed by atoms with Crippen LogP contribution in [0.5, 0.6) is 0 Å². The molecule has 3 aromatic rings. The van der Waals surface area contributed by atoms with E-state index in [1.807, 2.05) is 18.2 Å². The van der Waals surface area contributed by atoms with Gasteiger partial charge < -0.3 is 10.3 Å². The van der Waals surface area contributed by atoms with Gasteiger partial charge in [0.2, 0.25) is 0 Å². The molecule has 0 fully saturated rings. The number of hydrogen-bond acceptors (Lipinski definition) is 5. The van der Waals surface area contributed by atoms with E-state index in [1.54, 1.807) is 0 Å². The predicted molar refractivity (Wildman–Crippen MR) is 72.5 cm³/mol. The zero-order valence-corrected chi connectivity index (χ0v) is 10.8. The Morgan fingerprint density at radius 2 is 2.17 bits per heavy atom. The van der Waals surface area contributed by atoms with Gasteiger partial charge in [-0.1, -0.05) is 23.5 Å². The van der Waals surface area contributed by atoms with Crippen molar-refractivity contribution < 1.29 is 0 Å². The maximum absolute atomic E-state index is 5.85. The molecule has 2 heterocycles. The lowest BCUT2D eigenvalue weighted by Gasteiger charge is -2.06. The van der Waals surface area contributed by atoms with E-state index >= 15 is 0 Å². The Hall–Kier alpha value is -1.95. The van der Waals surface area contributed by atoms with Crippen LogP contribution in [0.3, 0.4) is 0 Å². The maximum atomic E-state index is 5.85. The third kappa shape index (κ3) is 1.74. The highest BCUT2D eigenvalue weighted by Crippen LogP contribution is 2.20. The molecule has 3 rings (SSSR count). The molecule has 18 heavy (non-hydrogen) atoms. The van der Waals surface area contributed by atoms with E-state index in [-0.39, 0.29) is 0 Å². The summed E-state index contributed by atoms with van der Waals surface area (Å²) in [6.45, 7) is 2.73. The molecule has 5 nitrogen and oxygen atoms in total. The number of nitrogens with zero attached hydrogens (tertiary/aromatic N) is 4. The molecule has 0 radical (unpaired) electrons. The predicted octanol–water partition coefficient (Wildman–Crippen LogP) is 2.08. The minimum absolute atomic E-state index is 0.631. The number of anilines is 1. The van der Waals surface area contributed by atoms with Gasteiger partial charge in [-0.05, 0) is 12.1 Å². The van der Waals surface area contributed by atoms with Crippen LogP contribution in [0, 0.1) is 0 Å². The van der Waals surface area contributed by atoms with E-state index < -0.39 is 0 Å². The first-order valence-corrected chi connectivity index (χ1v) is 6.57. The van der Waals surface area contributed by atoms with Crippen molar-refractivity contribution in [1.29, 1.82) is 0 Å². The number of aromatic nitrogens is 4. The van der Waals surface area contributed by atoms with E-state index in [1.165, 1.54) is 11.5 Å². The second kappa shape index (κ2) is 4.38. The molecule has 0 aliphatic rings. The Morgan fingerprint density at radius 1 is 1.33 bits per heavy atom. The van der Waals surface area contributed by atoms with Crippen molar-refractivity contribution in [3.05, 3.63) is 35.8 Å². The van der Waals surface area contributed by atoms with Gasteiger partial charge in [0.1, 0.15) is 16.5 Å². The summed E-state index contributed by atoms with van der Waals surface area (Å²) in [5, 5.41) is 4.74. The topological polar surface area (TPSA) is 69.6 Å². The summed E-state index contributed by atoms with van der Waals surface area (Å²) in [6, 6.07) is 8.10. The van der Waals surface area contributed by atoms with Crippen LogP contribution in [-0.2, 0) is 13.0 Å². The molecular formula is C12H13N5S. The van der Waals surface area contributed by atoms with E-state index in [0.29, 0.717) is 11.5 Å². The Bertz CT molecular complexity index is 685. The summed E-state index contributed by atoms with van der Waals surface area (Å²) in [5.74, 6) is 1.05. The highest BCUT2D eigenvalue weighted by atomic mass is 32.1. The maximum Gasteiger partial charge on any atom is 0.132 e. The van der Waals surface area contributed by atoms with Crippen molar-refractivity contribution in [2.45, 2.75) is 19.9 Å². The third-order valence-electron chi connectivity index (χ3n) is 2.94. The second-order valence-corrected chi connectivity index (χ2v) is 4.83. The first-order valence-electron chi connectivity index (χ1n) is 5.80. The van der Waals surface area contributed by atoms with Gasteiger partial charge in [-0.25, -0.2) is 4.98 Å². The first-order chi connectivity index (χ1) is 8.79. The van der Waals surface area contributed by atoms with Crippen molar-refractivity contribution in [2.75, 3.05) is 5.73 Å². The molecule has 92 valence electrons. The lowest BCUT2D eigenvalue weighted by atomic mass is 10.3. The van der Waals surface area contributed by atoms with Gasteiger partial charge in [-0.15, -0.1) is 5.10 Å². The number of fused-ring (bicyclic) bond motifs is 1. The zero-order chi connectivity index (χ0) is 12.5. The van der Waals surface area contributed by atoms with Crippen LogP contribution < -0.4 is 5.73 Å². The number of para-hydroxylation sites is 2. The molecule has 0 aliphatic heterocycles. The number of aryl methyl sites for hydroxylation is 1. The summed E-state index contributed by atoms with van der Waals surface area (Å²) >= 11 is 1.23. The van der Waals surface area contributed by atoms with E-state index in [9.17, 15) is 0 Å². The molecule has 0 atom stereocenters. The fourth-order valence-electron chi connectivity index (χ4n) is 2.05. The van der Waals surface area contributed by atoms with E-state index in [0.717, 1.165) is 29.0 Å². The molecule has 1 aromatic carbocycles. The van der Waals surface area contributed by atoms with Crippen LogP contribution in [0.15, 0.2) is 24.3 Å².